The SMILES string of the molecule is CC(C)(C)c1ccc(S(=O)(=O)N2CCC(N3COCc4cc(Br)ccc43)CC2)cc1. The third-order valence-electron chi connectivity index (χ3n) is 6.06. The van der Waals surface area contributed by atoms with Crippen molar-refractivity contribution >= 4 is 31.6 Å². The lowest BCUT2D eigenvalue weighted by Gasteiger charge is -2.41. The molecule has 0 atom stereocenters. The van der Waals surface area contributed by atoms with Gasteiger partial charge in [-0.2, -0.15) is 4.31 Å². The average molecular weight is 493 g/mol. The summed E-state index contributed by atoms with van der Waals surface area (Å²) in [6, 6.07) is 13.9. The third-order valence-corrected chi connectivity index (χ3v) is 8.47. The number of ether oxygens (including phenoxy) is 1. The normalized spacial score (nSPS) is 19.0. The average Bonchev–Trinajstić information content (AvgIpc) is 2.72. The standard InChI is InChI=1S/C23H29BrN2O3S/c1-23(2,3)18-4-7-21(8-5-18)30(27,28)25-12-10-20(11-13-25)26-16-29-15-17-14-19(24)6-9-22(17)26/h4-9,14,20H,10-13,15-16H2,1-3H3. The Hall–Kier alpha value is -1.41. The van der Waals surface area contributed by atoms with Crippen LogP contribution < -0.4 is 4.90 Å². The number of fused-ring (bicyclic) bond motifs is 1. The second-order valence-corrected chi connectivity index (χ2v) is 12.0. The van der Waals surface area contributed by atoms with Crippen LogP contribution in [0, 0.1) is 0 Å². The molecule has 2 heterocycles. The van der Waals surface area contributed by atoms with Gasteiger partial charge in [0.25, 0.3) is 0 Å². The van der Waals surface area contributed by atoms with E-state index < -0.39 is 10.0 Å². The van der Waals surface area contributed by atoms with Gasteiger partial charge in [0.2, 0.25) is 10.0 Å². The summed E-state index contributed by atoms with van der Waals surface area (Å²) in [7, 11) is -3.47. The maximum Gasteiger partial charge on any atom is 0.243 e. The lowest BCUT2D eigenvalue weighted by molar-refractivity contribution is 0.0987. The molecule has 4 rings (SSSR count). The van der Waals surface area contributed by atoms with Crippen molar-refractivity contribution in [2.45, 2.75) is 56.6 Å². The van der Waals surface area contributed by atoms with Gasteiger partial charge >= 0.3 is 0 Å². The van der Waals surface area contributed by atoms with Crippen LogP contribution in [0.2, 0.25) is 0 Å². The van der Waals surface area contributed by atoms with Crippen LogP contribution in [0.15, 0.2) is 51.8 Å². The number of hydrogen-bond donors (Lipinski definition) is 0. The van der Waals surface area contributed by atoms with Crippen LogP contribution in [0.4, 0.5) is 5.69 Å². The molecule has 1 fully saturated rings. The Morgan fingerprint density at radius 3 is 2.33 bits per heavy atom. The van der Waals surface area contributed by atoms with Crippen molar-refractivity contribution in [3.63, 3.8) is 0 Å². The van der Waals surface area contributed by atoms with Crippen LogP contribution in [0.5, 0.6) is 0 Å². The zero-order valence-electron chi connectivity index (χ0n) is 17.8. The molecule has 0 aromatic heterocycles. The molecule has 0 aliphatic carbocycles. The topological polar surface area (TPSA) is 49.9 Å². The summed E-state index contributed by atoms with van der Waals surface area (Å²) < 4.78 is 34.8. The lowest BCUT2D eigenvalue weighted by atomic mass is 9.87. The maximum absolute atomic E-state index is 13.1. The Morgan fingerprint density at radius 1 is 1.03 bits per heavy atom. The van der Waals surface area contributed by atoms with Crippen molar-refractivity contribution in [3.05, 3.63) is 58.1 Å². The van der Waals surface area contributed by atoms with E-state index in [-0.39, 0.29) is 11.5 Å². The van der Waals surface area contributed by atoms with E-state index in [0.29, 0.717) is 31.3 Å². The van der Waals surface area contributed by atoms with Gasteiger partial charge in [-0.3, -0.25) is 0 Å². The van der Waals surface area contributed by atoms with E-state index in [1.54, 1.807) is 16.4 Å². The van der Waals surface area contributed by atoms with Crippen molar-refractivity contribution in [3.8, 4) is 0 Å². The van der Waals surface area contributed by atoms with Gasteiger partial charge in [0.1, 0.15) is 6.73 Å². The van der Waals surface area contributed by atoms with Crippen LogP contribution in [-0.4, -0.2) is 38.6 Å². The van der Waals surface area contributed by atoms with Crippen molar-refractivity contribution in [1.29, 1.82) is 0 Å². The minimum absolute atomic E-state index is 0.00301. The predicted molar refractivity (Wildman–Crippen MR) is 123 cm³/mol. The summed E-state index contributed by atoms with van der Waals surface area (Å²) >= 11 is 3.53. The summed E-state index contributed by atoms with van der Waals surface area (Å²) in [5, 5.41) is 0. The number of anilines is 1. The minimum Gasteiger partial charge on any atom is -0.356 e. The van der Waals surface area contributed by atoms with E-state index in [1.807, 2.05) is 12.1 Å². The molecule has 0 bridgehead atoms. The summed E-state index contributed by atoms with van der Waals surface area (Å²) in [6.45, 7) is 8.60. The zero-order valence-corrected chi connectivity index (χ0v) is 20.2. The first-order chi connectivity index (χ1) is 14.2. The van der Waals surface area contributed by atoms with Gasteiger partial charge in [-0.1, -0.05) is 48.8 Å². The summed E-state index contributed by atoms with van der Waals surface area (Å²) in [5.41, 5.74) is 3.51. The molecule has 2 aliphatic heterocycles. The first-order valence-electron chi connectivity index (χ1n) is 10.4. The van der Waals surface area contributed by atoms with E-state index in [1.165, 1.54) is 11.3 Å². The summed E-state index contributed by atoms with van der Waals surface area (Å²) in [5.74, 6) is 0. The van der Waals surface area contributed by atoms with E-state index in [0.717, 1.165) is 22.9 Å². The van der Waals surface area contributed by atoms with Crippen molar-refractivity contribution < 1.29 is 13.2 Å². The fraction of sp³-hybridized carbons (Fsp3) is 0.478. The molecule has 1 saturated heterocycles. The maximum atomic E-state index is 13.1. The second kappa shape index (κ2) is 8.26. The monoisotopic (exact) mass is 492 g/mol. The molecule has 162 valence electrons. The summed E-state index contributed by atoms with van der Waals surface area (Å²) in [4.78, 5) is 2.67. The molecule has 0 radical (unpaired) electrons. The fourth-order valence-electron chi connectivity index (χ4n) is 4.25. The van der Waals surface area contributed by atoms with Crippen molar-refractivity contribution in [2.24, 2.45) is 0 Å². The molecule has 0 N–H and O–H groups in total. The number of piperidine rings is 1. The molecular weight excluding hydrogens is 464 g/mol. The predicted octanol–water partition coefficient (Wildman–Crippen LogP) is 4.89. The van der Waals surface area contributed by atoms with Crippen LogP contribution in [-0.2, 0) is 26.8 Å². The van der Waals surface area contributed by atoms with Gasteiger partial charge in [0.05, 0.1) is 11.5 Å². The molecule has 30 heavy (non-hydrogen) atoms. The number of hydrogen-bond acceptors (Lipinski definition) is 4. The van der Waals surface area contributed by atoms with Gasteiger partial charge in [-0.25, -0.2) is 8.42 Å². The molecule has 0 unspecified atom stereocenters. The van der Waals surface area contributed by atoms with Gasteiger partial charge < -0.3 is 9.64 Å². The Balaban J connectivity index is 1.46. The highest BCUT2D eigenvalue weighted by molar-refractivity contribution is 9.10. The Kier molecular flexibility index (Phi) is 6.01. The molecule has 0 spiro atoms. The fourth-order valence-corrected chi connectivity index (χ4v) is 6.12. The van der Waals surface area contributed by atoms with E-state index in [9.17, 15) is 8.42 Å². The minimum atomic E-state index is -3.47. The number of sulfonamides is 1. The lowest BCUT2D eigenvalue weighted by Crippen LogP contribution is -2.48. The van der Waals surface area contributed by atoms with Gasteiger partial charge in [-0.15, -0.1) is 0 Å². The van der Waals surface area contributed by atoms with E-state index in [2.05, 4.69) is 59.8 Å². The molecule has 0 amide bonds. The smallest absolute Gasteiger partial charge is 0.243 e. The molecule has 7 heteroatoms. The Labute approximate surface area is 188 Å². The van der Waals surface area contributed by atoms with Crippen LogP contribution in [0.3, 0.4) is 0 Å². The Morgan fingerprint density at radius 2 is 1.70 bits per heavy atom. The highest BCUT2D eigenvalue weighted by Gasteiger charge is 2.33. The first kappa shape index (κ1) is 21.8. The Bertz CT molecular complexity index is 1010. The first-order valence-corrected chi connectivity index (χ1v) is 12.6. The number of halogens is 1. The van der Waals surface area contributed by atoms with Crippen LogP contribution in [0.1, 0.15) is 44.7 Å². The van der Waals surface area contributed by atoms with Gasteiger partial charge in [0, 0.05) is 34.9 Å². The molecule has 2 aromatic rings. The third kappa shape index (κ3) is 4.31. The highest BCUT2D eigenvalue weighted by Crippen LogP contribution is 2.33. The molecular formula is C23H29BrN2O3S. The highest BCUT2D eigenvalue weighted by atomic mass is 79.9. The quantitative estimate of drug-likeness (QED) is 0.611. The summed E-state index contributed by atoms with van der Waals surface area (Å²) in [6.07, 6.45) is 1.58. The van der Waals surface area contributed by atoms with Crippen molar-refractivity contribution in [2.75, 3.05) is 24.7 Å². The molecule has 0 saturated carbocycles. The van der Waals surface area contributed by atoms with E-state index in [4.69, 9.17) is 4.74 Å². The van der Waals surface area contributed by atoms with Crippen molar-refractivity contribution in [1.82, 2.24) is 4.31 Å². The van der Waals surface area contributed by atoms with Crippen LogP contribution in [0.25, 0.3) is 0 Å². The number of benzene rings is 2. The van der Waals surface area contributed by atoms with E-state index >= 15 is 0 Å². The molecule has 2 aromatic carbocycles. The molecule has 5 nitrogen and oxygen atoms in total. The number of nitrogens with zero attached hydrogens (tertiary/aromatic N) is 2. The largest absolute Gasteiger partial charge is 0.356 e. The second-order valence-electron chi connectivity index (χ2n) is 9.13. The molecule has 2 aliphatic rings. The number of rotatable bonds is 3. The van der Waals surface area contributed by atoms with Crippen LogP contribution >= 0.6 is 15.9 Å². The van der Waals surface area contributed by atoms with Gasteiger partial charge in [0.15, 0.2) is 0 Å². The zero-order chi connectivity index (χ0) is 21.5. The van der Waals surface area contributed by atoms with Gasteiger partial charge in [-0.05, 0) is 54.2 Å².